The Morgan fingerprint density at radius 3 is 2.33 bits per heavy atom. The van der Waals surface area contributed by atoms with Crippen molar-refractivity contribution in [1.29, 1.82) is 0 Å². The lowest BCUT2D eigenvalue weighted by molar-refractivity contribution is -0.149. The number of ether oxygens (including phenoxy) is 1. The molecule has 4 rings (SSSR count). The van der Waals surface area contributed by atoms with Gasteiger partial charge in [-0.2, -0.15) is 0 Å². The summed E-state index contributed by atoms with van der Waals surface area (Å²) in [6, 6.07) is 0. The summed E-state index contributed by atoms with van der Waals surface area (Å²) in [5, 5.41) is 27.4. The van der Waals surface area contributed by atoms with Crippen LogP contribution in [0, 0.1) is 5.92 Å². The highest BCUT2D eigenvalue weighted by Crippen LogP contribution is 2.47. The van der Waals surface area contributed by atoms with Gasteiger partial charge in [-0.05, 0) is 31.8 Å². The summed E-state index contributed by atoms with van der Waals surface area (Å²) in [4.78, 5) is 44.7. The number of carbonyl (C=O) groups excluding carboxylic acids is 2. The zero-order chi connectivity index (χ0) is 23.9. The van der Waals surface area contributed by atoms with Crippen molar-refractivity contribution in [3.8, 4) is 0 Å². The number of rotatable bonds is 3. The van der Waals surface area contributed by atoms with E-state index in [9.17, 15) is 34.2 Å². The molecule has 0 saturated carbocycles. The number of hydrogen-bond donors (Lipinski definition) is 6. The van der Waals surface area contributed by atoms with Gasteiger partial charge in [0.05, 0.1) is 5.54 Å². The molecule has 3 fully saturated rings. The normalized spacial score (nSPS) is 43.5. The van der Waals surface area contributed by atoms with Crippen LogP contribution in [-0.4, -0.2) is 67.5 Å². The number of phosphoric acid groups is 1. The summed E-state index contributed by atoms with van der Waals surface area (Å²) in [7, 11) is -5.01. The standard InChI is InChI=1S/C21H33N2O9P/c24-14-8-7-13-9-12-20(22-14)10-5-3-1-2-4-6-11-21(13,23-19(20)27)17-15(25)16(26)18(31-17)32-33(28,29)30/h7-8,13,15-18,25-26H,1-6,9-12H2,(H,22,24)(H,23,27)(H2,28,29,30)/b8-7-/t13?,15?,16?,17?,18?,20?,21-/m0/s1. The number of nitrogens with one attached hydrogen (secondary N) is 2. The molecular formula is C21H33N2O9P. The van der Waals surface area contributed by atoms with Crippen molar-refractivity contribution < 1.29 is 43.4 Å². The first kappa shape index (κ1) is 24.8. The van der Waals surface area contributed by atoms with E-state index in [1.165, 1.54) is 6.08 Å². The van der Waals surface area contributed by atoms with Crippen LogP contribution in [0.3, 0.4) is 0 Å². The van der Waals surface area contributed by atoms with Crippen molar-refractivity contribution in [2.24, 2.45) is 5.92 Å². The van der Waals surface area contributed by atoms with Crippen molar-refractivity contribution in [3.05, 3.63) is 12.2 Å². The molecule has 12 heteroatoms. The molecule has 11 nitrogen and oxygen atoms in total. The minimum atomic E-state index is -5.01. The highest BCUT2D eigenvalue weighted by atomic mass is 31.2. The quantitative estimate of drug-likeness (QED) is 0.307. The van der Waals surface area contributed by atoms with E-state index in [1.54, 1.807) is 6.08 Å². The summed E-state index contributed by atoms with van der Waals surface area (Å²) >= 11 is 0. The van der Waals surface area contributed by atoms with Gasteiger partial charge in [-0.1, -0.05) is 44.6 Å². The number of aliphatic hydroxyl groups is 2. The van der Waals surface area contributed by atoms with Gasteiger partial charge in [-0.25, -0.2) is 4.57 Å². The fourth-order valence-corrected chi connectivity index (χ4v) is 6.33. The Balaban J connectivity index is 1.77. The van der Waals surface area contributed by atoms with E-state index in [0.717, 1.165) is 32.1 Å². The van der Waals surface area contributed by atoms with E-state index < -0.39 is 49.4 Å². The van der Waals surface area contributed by atoms with Crippen LogP contribution in [0.4, 0.5) is 0 Å². The number of aliphatic hydroxyl groups excluding tert-OH is 2. The monoisotopic (exact) mass is 488 g/mol. The van der Waals surface area contributed by atoms with Crippen LogP contribution < -0.4 is 10.6 Å². The van der Waals surface area contributed by atoms with Crippen molar-refractivity contribution >= 4 is 19.6 Å². The second-order valence-corrected chi connectivity index (χ2v) is 10.9. The van der Waals surface area contributed by atoms with Gasteiger partial charge >= 0.3 is 7.82 Å². The summed E-state index contributed by atoms with van der Waals surface area (Å²) in [6.07, 6.45) is 4.02. The van der Waals surface area contributed by atoms with Gasteiger partial charge in [0.15, 0.2) is 6.29 Å². The molecule has 6 N–H and O–H groups in total. The topological polar surface area (TPSA) is 175 Å². The smallest absolute Gasteiger partial charge is 0.387 e. The SMILES string of the molecule is O=C1/C=C\C2CCC3(CCCCCCCC[C@]2(C2OC(OP(=O)(O)O)C(O)C2O)NC3=O)N1. The van der Waals surface area contributed by atoms with Crippen molar-refractivity contribution in [2.45, 2.75) is 99.9 Å². The Labute approximate surface area is 192 Å². The molecule has 186 valence electrons. The third-order valence-electron chi connectivity index (χ3n) is 7.58. The molecule has 3 saturated heterocycles. The van der Waals surface area contributed by atoms with Crippen LogP contribution in [0.15, 0.2) is 12.2 Å². The van der Waals surface area contributed by atoms with E-state index in [-0.39, 0.29) is 11.8 Å². The number of phosphoric ester groups is 1. The van der Waals surface area contributed by atoms with Crippen LogP contribution in [-0.2, 0) is 23.4 Å². The number of amides is 2. The van der Waals surface area contributed by atoms with Crippen LogP contribution in [0.2, 0.25) is 0 Å². The molecule has 0 aromatic heterocycles. The third-order valence-corrected chi connectivity index (χ3v) is 8.06. The average Bonchev–Trinajstić information content (AvgIpc) is 2.95. The molecule has 4 aliphatic heterocycles. The fraction of sp³-hybridized carbons (Fsp3) is 0.810. The third kappa shape index (κ3) is 4.91. The molecule has 1 spiro atoms. The van der Waals surface area contributed by atoms with Gasteiger partial charge in [0, 0.05) is 5.92 Å². The van der Waals surface area contributed by atoms with Crippen molar-refractivity contribution in [2.75, 3.05) is 0 Å². The van der Waals surface area contributed by atoms with Crippen molar-refractivity contribution in [1.82, 2.24) is 10.6 Å². The van der Waals surface area contributed by atoms with Crippen molar-refractivity contribution in [3.63, 3.8) is 0 Å². The van der Waals surface area contributed by atoms with Crippen LogP contribution in [0.25, 0.3) is 0 Å². The molecule has 0 aromatic rings. The van der Waals surface area contributed by atoms with E-state index in [0.29, 0.717) is 32.1 Å². The number of hydrogen-bond acceptors (Lipinski definition) is 7. The molecule has 7 atom stereocenters. The highest BCUT2D eigenvalue weighted by molar-refractivity contribution is 7.46. The summed E-state index contributed by atoms with van der Waals surface area (Å²) < 4.78 is 21.7. The minimum Gasteiger partial charge on any atom is -0.387 e. The van der Waals surface area contributed by atoms with Gasteiger partial charge in [-0.3, -0.25) is 14.1 Å². The molecule has 0 radical (unpaired) electrons. The minimum absolute atomic E-state index is 0.365. The second-order valence-electron chi connectivity index (χ2n) is 9.69. The van der Waals surface area contributed by atoms with Gasteiger partial charge < -0.3 is 35.4 Å². The lowest BCUT2D eigenvalue weighted by Crippen LogP contribution is -2.66. The summed E-state index contributed by atoms with van der Waals surface area (Å²) in [5.41, 5.74) is -2.29. The molecule has 3 bridgehead atoms. The fourth-order valence-electron chi connectivity index (χ4n) is 5.88. The summed E-state index contributed by atoms with van der Waals surface area (Å²) in [5.74, 6) is -1.14. The lowest BCUT2D eigenvalue weighted by Gasteiger charge is -2.44. The maximum absolute atomic E-state index is 13.7. The zero-order valence-electron chi connectivity index (χ0n) is 18.4. The molecule has 33 heavy (non-hydrogen) atoms. The molecule has 4 heterocycles. The van der Waals surface area contributed by atoms with Gasteiger partial charge in [0.25, 0.3) is 0 Å². The lowest BCUT2D eigenvalue weighted by atomic mass is 9.71. The maximum atomic E-state index is 13.7. The number of carbonyl (C=O) groups is 2. The molecule has 4 aliphatic rings. The Morgan fingerprint density at radius 1 is 0.970 bits per heavy atom. The molecule has 2 amide bonds. The predicted molar refractivity (Wildman–Crippen MR) is 114 cm³/mol. The first-order chi connectivity index (χ1) is 15.6. The maximum Gasteiger partial charge on any atom is 0.472 e. The zero-order valence-corrected chi connectivity index (χ0v) is 19.3. The Kier molecular flexibility index (Phi) is 7.04. The van der Waals surface area contributed by atoms with Crippen LogP contribution in [0.5, 0.6) is 0 Å². The van der Waals surface area contributed by atoms with E-state index in [4.69, 9.17) is 4.74 Å². The van der Waals surface area contributed by atoms with Gasteiger partial charge in [-0.15, -0.1) is 0 Å². The van der Waals surface area contributed by atoms with E-state index >= 15 is 0 Å². The van der Waals surface area contributed by atoms with E-state index in [2.05, 4.69) is 15.2 Å². The average molecular weight is 488 g/mol. The van der Waals surface area contributed by atoms with Crippen LogP contribution in [0.1, 0.15) is 64.2 Å². The van der Waals surface area contributed by atoms with Crippen LogP contribution >= 0.6 is 7.82 Å². The highest BCUT2D eigenvalue weighted by Gasteiger charge is 2.60. The summed E-state index contributed by atoms with van der Waals surface area (Å²) in [6.45, 7) is 0. The van der Waals surface area contributed by atoms with Gasteiger partial charge in [0.2, 0.25) is 11.8 Å². The van der Waals surface area contributed by atoms with Gasteiger partial charge in [0.1, 0.15) is 23.9 Å². The predicted octanol–water partition coefficient (Wildman–Crippen LogP) is 0.367. The molecule has 6 unspecified atom stereocenters. The Bertz CT molecular complexity index is 848. The molecule has 0 aromatic carbocycles. The van der Waals surface area contributed by atoms with E-state index in [1.807, 2.05) is 0 Å². The molecular weight excluding hydrogens is 455 g/mol. The Morgan fingerprint density at radius 2 is 1.64 bits per heavy atom. The second kappa shape index (κ2) is 9.37. The first-order valence-corrected chi connectivity index (χ1v) is 13.2. The largest absolute Gasteiger partial charge is 0.472 e. The first-order valence-electron chi connectivity index (χ1n) is 11.6. The molecule has 0 aliphatic carbocycles. The Hall–Kier alpha value is -1.33. The number of fused-ring (bicyclic) bond motifs is 5.